The molecular weight excluding hydrogens is 310 g/mol. The molecule has 1 fully saturated rings. The normalized spacial score (nSPS) is 24.5. The van der Waals surface area contributed by atoms with Crippen LogP contribution in [0.25, 0.3) is 0 Å². The highest BCUT2D eigenvalue weighted by molar-refractivity contribution is 6.30. The van der Waals surface area contributed by atoms with E-state index in [-0.39, 0.29) is 17.3 Å². The third-order valence-electron chi connectivity index (χ3n) is 5.27. The zero-order valence-corrected chi connectivity index (χ0v) is 13.8. The van der Waals surface area contributed by atoms with Gasteiger partial charge in [0.1, 0.15) is 0 Å². The maximum Gasteiger partial charge on any atom is 0.305 e. The van der Waals surface area contributed by atoms with Crippen molar-refractivity contribution in [2.24, 2.45) is 5.92 Å². The first kappa shape index (κ1) is 14.7. The summed E-state index contributed by atoms with van der Waals surface area (Å²) in [6.45, 7) is 0. The standard InChI is InChI=1S/C19H18ClNO2/c1-23-17(22)10-14-11-19(14)16-7-6-15(20)9-13(16)5-4-12-3-2-8-21-18(12)19/h2-3,6-9,14H,4-5,10-11H2,1H3/t14-,19-/m1/s1. The second-order valence-electron chi connectivity index (χ2n) is 6.47. The number of benzene rings is 1. The lowest BCUT2D eigenvalue weighted by atomic mass is 9.85. The molecule has 23 heavy (non-hydrogen) atoms. The molecule has 1 aromatic heterocycles. The average molecular weight is 328 g/mol. The fourth-order valence-corrected chi connectivity index (χ4v) is 4.32. The summed E-state index contributed by atoms with van der Waals surface area (Å²) in [6, 6.07) is 10.3. The molecule has 4 rings (SSSR count). The first-order valence-corrected chi connectivity index (χ1v) is 8.33. The van der Waals surface area contributed by atoms with Gasteiger partial charge in [0.05, 0.1) is 12.8 Å². The lowest BCUT2D eigenvalue weighted by Gasteiger charge is -2.20. The van der Waals surface area contributed by atoms with Gasteiger partial charge in [-0.3, -0.25) is 9.78 Å². The van der Waals surface area contributed by atoms with Crippen LogP contribution in [0.4, 0.5) is 0 Å². The molecule has 2 aliphatic rings. The Hall–Kier alpha value is -1.87. The van der Waals surface area contributed by atoms with Gasteiger partial charge in [-0.1, -0.05) is 23.7 Å². The maximum absolute atomic E-state index is 11.8. The first-order valence-electron chi connectivity index (χ1n) is 7.95. The van der Waals surface area contributed by atoms with E-state index in [2.05, 4.69) is 18.2 Å². The van der Waals surface area contributed by atoms with E-state index in [0.29, 0.717) is 6.42 Å². The number of esters is 1. The Morgan fingerprint density at radius 3 is 3.00 bits per heavy atom. The molecule has 0 N–H and O–H groups in total. The largest absolute Gasteiger partial charge is 0.469 e. The van der Waals surface area contributed by atoms with Crippen LogP contribution in [0.1, 0.15) is 35.2 Å². The summed E-state index contributed by atoms with van der Waals surface area (Å²) in [7, 11) is 1.45. The molecule has 2 atom stereocenters. The minimum Gasteiger partial charge on any atom is -0.469 e. The van der Waals surface area contributed by atoms with Crippen molar-refractivity contribution >= 4 is 17.6 Å². The van der Waals surface area contributed by atoms with E-state index in [9.17, 15) is 4.79 Å². The SMILES string of the molecule is COC(=O)C[C@@H]1C[C@]12c1ccc(Cl)cc1CCc1cccnc12. The lowest BCUT2D eigenvalue weighted by Crippen LogP contribution is -2.18. The molecule has 3 nitrogen and oxygen atoms in total. The summed E-state index contributed by atoms with van der Waals surface area (Å²) < 4.78 is 4.88. The minimum absolute atomic E-state index is 0.149. The fraction of sp³-hybridized carbons (Fsp3) is 0.368. The topological polar surface area (TPSA) is 39.2 Å². The van der Waals surface area contributed by atoms with Crippen molar-refractivity contribution in [2.75, 3.05) is 7.11 Å². The molecule has 0 saturated heterocycles. The molecule has 2 aromatic rings. The van der Waals surface area contributed by atoms with Crippen molar-refractivity contribution < 1.29 is 9.53 Å². The number of pyridine rings is 1. The van der Waals surface area contributed by atoms with Crippen LogP contribution in [0.3, 0.4) is 0 Å². The molecule has 0 radical (unpaired) electrons. The third-order valence-corrected chi connectivity index (χ3v) is 5.51. The van der Waals surface area contributed by atoms with Gasteiger partial charge in [0.2, 0.25) is 0 Å². The van der Waals surface area contributed by atoms with E-state index < -0.39 is 0 Å². The molecule has 1 heterocycles. The van der Waals surface area contributed by atoms with Gasteiger partial charge in [-0.2, -0.15) is 0 Å². The van der Waals surface area contributed by atoms with E-state index in [0.717, 1.165) is 30.0 Å². The van der Waals surface area contributed by atoms with Crippen LogP contribution in [0.15, 0.2) is 36.5 Å². The lowest BCUT2D eigenvalue weighted by molar-refractivity contribution is -0.141. The molecule has 2 aliphatic carbocycles. The second-order valence-corrected chi connectivity index (χ2v) is 6.90. The van der Waals surface area contributed by atoms with Crippen molar-refractivity contribution in [3.8, 4) is 0 Å². The Bertz CT molecular complexity index is 789. The molecule has 0 bridgehead atoms. The van der Waals surface area contributed by atoms with Gasteiger partial charge in [-0.15, -0.1) is 0 Å². The van der Waals surface area contributed by atoms with Gasteiger partial charge in [-0.05, 0) is 60.1 Å². The van der Waals surface area contributed by atoms with E-state index in [1.165, 1.54) is 23.8 Å². The van der Waals surface area contributed by atoms with Gasteiger partial charge in [0, 0.05) is 23.1 Å². The highest BCUT2D eigenvalue weighted by Crippen LogP contribution is 2.62. The van der Waals surface area contributed by atoms with Gasteiger partial charge in [0.15, 0.2) is 0 Å². The van der Waals surface area contributed by atoms with Crippen molar-refractivity contribution in [2.45, 2.75) is 31.1 Å². The summed E-state index contributed by atoms with van der Waals surface area (Å²) in [5.41, 5.74) is 4.83. The molecule has 0 unspecified atom stereocenters. The molecule has 0 aliphatic heterocycles. The van der Waals surface area contributed by atoms with Crippen LogP contribution < -0.4 is 0 Å². The number of aromatic nitrogens is 1. The number of carbonyl (C=O) groups excluding carboxylic acids is 1. The molecular formula is C19H18ClNO2. The van der Waals surface area contributed by atoms with Crippen molar-refractivity contribution in [1.82, 2.24) is 4.98 Å². The Morgan fingerprint density at radius 2 is 2.17 bits per heavy atom. The van der Waals surface area contributed by atoms with Crippen LogP contribution in [0.5, 0.6) is 0 Å². The molecule has 0 amide bonds. The van der Waals surface area contributed by atoms with Gasteiger partial charge in [-0.25, -0.2) is 0 Å². The number of rotatable bonds is 2. The van der Waals surface area contributed by atoms with Crippen LogP contribution in [0, 0.1) is 5.92 Å². The summed E-state index contributed by atoms with van der Waals surface area (Å²) in [4.78, 5) is 16.5. The van der Waals surface area contributed by atoms with E-state index >= 15 is 0 Å². The van der Waals surface area contributed by atoms with Gasteiger partial charge < -0.3 is 4.74 Å². The van der Waals surface area contributed by atoms with Crippen LogP contribution in [-0.4, -0.2) is 18.1 Å². The highest BCUT2D eigenvalue weighted by atomic mass is 35.5. The number of methoxy groups -OCH3 is 1. The molecule has 1 aromatic carbocycles. The number of hydrogen-bond donors (Lipinski definition) is 0. The average Bonchev–Trinajstić information content (AvgIpc) is 3.29. The van der Waals surface area contributed by atoms with E-state index in [1.807, 2.05) is 18.3 Å². The second kappa shape index (κ2) is 5.34. The van der Waals surface area contributed by atoms with Gasteiger partial charge >= 0.3 is 5.97 Å². The Kier molecular flexibility index (Phi) is 3.42. The summed E-state index contributed by atoms with van der Waals surface area (Å²) >= 11 is 6.21. The molecule has 1 saturated carbocycles. The van der Waals surface area contributed by atoms with Crippen molar-refractivity contribution in [3.63, 3.8) is 0 Å². The summed E-state index contributed by atoms with van der Waals surface area (Å²) in [5, 5.41) is 0.767. The smallest absolute Gasteiger partial charge is 0.305 e. The first-order chi connectivity index (χ1) is 11.1. The monoisotopic (exact) mass is 327 g/mol. The summed E-state index contributed by atoms with van der Waals surface area (Å²) in [6.07, 6.45) is 5.16. The van der Waals surface area contributed by atoms with Crippen LogP contribution in [0.2, 0.25) is 5.02 Å². The predicted octanol–water partition coefficient (Wildman–Crippen LogP) is 3.70. The number of carbonyl (C=O) groups is 1. The Labute approximate surface area is 140 Å². The predicted molar refractivity (Wildman–Crippen MR) is 88.6 cm³/mol. The van der Waals surface area contributed by atoms with E-state index in [1.54, 1.807) is 0 Å². The van der Waals surface area contributed by atoms with Crippen molar-refractivity contribution in [1.29, 1.82) is 0 Å². The zero-order chi connectivity index (χ0) is 16.0. The van der Waals surface area contributed by atoms with Crippen molar-refractivity contribution in [3.05, 3.63) is 63.9 Å². The number of fused-ring (bicyclic) bond motifs is 4. The zero-order valence-electron chi connectivity index (χ0n) is 13.0. The van der Waals surface area contributed by atoms with Crippen LogP contribution >= 0.6 is 11.6 Å². The Balaban J connectivity index is 1.86. The minimum atomic E-state index is -0.152. The summed E-state index contributed by atoms with van der Waals surface area (Å²) in [5.74, 6) is 0.103. The number of hydrogen-bond acceptors (Lipinski definition) is 3. The highest BCUT2D eigenvalue weighted by Gasteiger charge is 2.60. The molecule has 1 spiro atoms. The third kappa shape index (κ3) is 2.26. The quantitative estimate of drug-likeness (QED) is 0.789. The maximum atomic E-state index is 11.8. The molecule has 118 valence electrons. The van der Waals surface area contributed by atoms with E-state index in [4.69, 9.17) is 21.3 Å². The van der Waals surface area contributed by atoms with Crippen LogP contribution in [-0.2, 0) is 27.8 Å². The Morgan fingerprint density at radius 1 is 1.35 bits per heavy atom. The number of ether oxygens (including phenoxy) is 1. The fourth-order valence-electron chi connectivity index (χ4n) is 4.12. The number of halogens is 1. The number of aryl methyl sites for hydroxylation is 2. The number of nitrogens with zero attached hydrogens (tertiary/aromatic N) is 1. The van der Waals surface area contributed by atoms with Gasteiger partial charge in [0.25, 0.3) is 0 Å². The molecule has 4 heteroatoms.